The number of anilines is 1. The predicted octanol–water partition coefficient (Wildman–Crippen LogP) is 3.97. The third kappa shape index (κ3) is 4.92. The Kier molecular flexibility index (Phi) is 6.60. The molecule has 1 atom stereocenters. The standard InChI is InChI=1S/C22H26FN5O2S/c1-16(17-7-9-18(23)10-8-17)26(2)20(29)15-31-22-25-24-21(27-11-3-4-12-27)28(22)14-19-6-5-13-30-19/h5-10,13,16H,3-4,11-12,14-15H2,1-2H3. The summed E-state index contributed by atoms with van der Waals surface area (Å²) in [5, 5.41) is 9.46. The number of amides is 1. The van der Waals surface area contributed by atoms with E-state index in [4.69, 9.17) is 4.42 Å². The molecule has 1 aliphatic rings. The summed E-state index contributed by atoms with van der Waals surface area (Å²) in [6.45, 7) is 4.36. The lowest BCUT2D eigenvalue weighted by Crippen LogP contribution is -2.31. The first kappa shape index (κ1) is 21.4. The highest BCUT2D eigenvalue weighted by Gasteiger charge is 2.24. The van der Waals surface area contributed by atoms with Crippen LogP contribution in [0.15, 0.2) is 52.2 Å². The fourth-order valence-corrected chi connectivity index (χ4v) is 4.50. The van der Waals surface area contributed by atoms with E-state index in [1.807, 2.05) is 23.6 Å². The molecule has 164 valence electrons. The van der Waals surface area contributed by atoms with Gasteiger partial charge in [0.2, 0.25) is 11.9 Å². The van der Waals surface area contributed by atoms with Gasteiger partial charge in [0.05, 0.1) is 24.6 Å². The Morgan fingerprint density at radius 2 is 1.97 bits per heavy atom. The molecular weight excluding hydrogens is 417 g/mol. The van der Waals surface area contributed by atoms with Crippen LogP contribution in [-0.4, -0.2) is 51.5 Å². The third-order valence-corrected chi connectivity index (χ3v) is 6.58. The van der Waals surface area contributed by atoms with Gasteiger partial charge in [0.1, 0.15) is 11.6 Å². The summed E-state index contributed by atoms with van der Waals surface area (Å²) in [7, 11) is 1.76. The molecule has 0 spiro atoms. The molecule has 3 aromatic rings. The monoisotopic (exact) mass is 443 g/mol. The lowest BCUT2D eigenvalue weighted by atomic mass is 10.1. The van der Waals surface area contributed by atoms with Crippen LogP contribution in [0.2, 0.25) is 0 Å². The maximum absolute atomic E-state index is 13.2. The highest BCUT2D eigenvalue weighted by molar-refractivity contribution is 7.99. The minimum Gasteiger partial charge on any atom is -0.467 e. The van der Waals surface area contributed by atoms with Crippen LogP contribution < -0.4 is 4.90 Å². The number of thioether (sulfide) groups is 1. The van der Waals surface area contributed by atoms with Gasteiger partial charge < -0.3 is 14.2 Å². The number of rotatable bonds is 8. The van der Waals surface area contributed by atoms with E-state index in [0.29, 0.717) is 11.7 Å². The van der Waals surface area contributed by atoms with Crippen LogP contribution in [0.25, 0.3) is 0 Å². The Hall–Kier alpha value is -2.81. The Balaban J connectivity index is 1.45. The van der Waals surface area contributed by atoms with Crippen molar-refractivity contribution in [1.29, 1.82) is 0 Å². The summed E-state index contributed by atoms with van der Waals surface area (Å²) in [4.78, 5) is 16.7. The van der Waals surface area contributed by atoms with Crippen LogP contribution in [0.5, 0.6) is 0 Å². The van der Waals surface area contributed by atoms with E-state index in [1.165, 1.54) is 23.9 Å². The van der Waals surface area contributed by atoms with Crippen molar-refractivity contribution >= 4 is 23.6 Å². The summed E-state index contributed by atoms with van der Waals surface area (Å²) in [6.07, 6.45) is 3.93. The Morgan fingerprint density at radius 1 is 1.23 bits per heavy atom. The first-order valence-electron chi connectivity index (χ1n) is 10.4. The van der Waals surface area contributed by atoms with Crippen molar-refractivity contribution in [3.8, 4) is 0 Å². The van der Waals surface area contributed by atoms with Gasteiger partial charge in [-0.25, -0.2) is 4.39 Å². The Labute approximate surface area is 185 Å². The first-order valence-corrected chi connectivity index (χ1v) is 11.4. The van der Waals surface area contributed by atoms with Crippen molar-refractivity contribution in [2.75, 3.05) is 30.8 Å². The molecule has 4 rings (SSSR count). The van der Waals surface area contributed by atoms with E-state index >= 15 is 0 Å². The van der Waals surface area contributed by atoms with E-state index in [2.05, 4.69) is 15.1 Å². The number of aromatic nitrogens is 3. The molecule has 9 heteroatoms. The Bertz CT molecular complexity index is 1000. The molecule has 0 aliphatic carbocycles. The molecule has 1 saturated heterocycles. The highest BCUT2D eigenvalue weighted by Crippen LogP contribution is 2.27. The molecule has 2 aromatic heterocycles. The maximum atomic E-state index is 13.2. The fourth-order valence-electron chi connectivity index (χ4n) is 3.64. The number of carbonyl (C=O) groups is 1. The molecule has 31 heavy (non-hydrogen) atoms. The van der Waals surface area contributed by atoms with Gasteiger partial charge in [-0.15, -0.1) is 10.2 Å². The van der Waals surface area contributed by atoms with Crippen molar-refractivity contribution in [3.63, 3.8) is 0 Å². The molecule has 1 aliphatic heterocycles. The molecule has 1 fully saturated rings. The van der Waals surface area contributed by atoms with Crippen LogP contribution in [0, 0.1) is 5.82 Å². The predicted molar refractivity (Wildman–Crippen MR) is 118 cm³/mol. The summed E-state index contributed by atoms with van der Waals surface area (Å²) in [5.41, 5.74) is 0.888. The second-order valence-electron chi connectivity index (χ2n) is 7.66. The molecule has 7 nitrogen and oxygen atoms in total. The number of carbonyl (C=O) groups excluding carboxylic acids is 1. The van der Waals surface area contributed by atoms with E-state index in [9.17, 15) is 9.18 Å². The van der Waals surface area contributed by atoms with Gasteiger partial charge >= 0.3 is 0 Å². The summed E-state index contributed by atoms with van der Waals surface area (Å²) < 4.78 is 20.7. The molecular formula is C22H26FN5O2S. The van der Waals surface area contributed by atoms with E-state index in [-0.39, 0.29) is 23.5 Å². The number of furan rings is 1. The highest BCUT2D eigenvalue weighted by atomic mass is 32.2. The zero-order valence-electron chi connectivity index (χ0n) is 17.7. The topological polar surface area (TPSA) is 67.4 Å². The van der Waals surface area contributed by atoms with E-state index < -0.39 is 0 Å². The van der Waals surface area contributed by atoms with Crippen molar-refractivity contribution < 1.29 is 13.6 Å². The van der Waals surface area contributed by atoms with E-state index in [1.54, 1.807) is 30.3 Å². The quantitative estimate of drug-likeness (QED) is 0.491. The minimum absolute atomic E-state index is 0.0305. The number of nitrogens with zero attached hydrogens (tertiary/aromatic N) is 5. The van der Waals surface area contributed by atoms with Crippen molar-refractivity contribution in [3.05, 3.63) is 59.8 Å². The number of hydrogen-bond donors (Lipinski definition) is 0. The van der Waals surface area contributed by atoms with Gasteiger partial charge in [-0.1, -0.05) is 23.9 Å². The molecule has 0 N–H and O–H groups in total. The molecule has 1 unspecified atom stereocenters. The molecule has 3 heterocycles. The minimum atomic E-state index is -0.287. The number of benzene rings is 1. The summed E-state index contributed by atoms with van der Waals surface area (Å²) >= 11 is 1.37. The molecule has 0 bridgehead atoms. The number of hydrogen-bond acceptors (Lipinski definition) is 6. The van der Waals surface area contributed by atoms with Gasteiger partial charge in [-0.05, 0) is 49.6 Å². The fraction of sp³-hybridized carbons (Fsp3) is 0.409. The van der Waals surface area contributed by atoms with Crippen LogP contribution in [0.3, 0.4) is 0 Å². The van der Waals surface area contributed by atoms with Gasteiger partial charge in [-0.2, -0.15) is 0 Å². The van der Waals surface area contributed by atoms with Gasteiger partial charge in [0.15, 0.2) is 5.16 Å². The molecule has 1 amide bonds. The van der Waals surface area contributed by atoms with Gasteiger partial charge in [-0.3, -0.25) is 9.36 Å². The third-order valence-electron chi connectivity index (χ3n) is 5.63. The van der Waals surface area contributed by atoms with Crippen molar-refractivity contribution in [1.82, 2.24) is 19.7 Å². The number of halogens is 1. The summed E-state index contributed by atoms with van der Waals surface area (Å²) in [6, 6.07) is 9.86. The first-order chi connectivity index (χ1) is 15.0. The average Bonchev–Trinajstić information content (AvgIpc) is 3.54. The van der Waals surface area contributed by atoms with Gasteiger partial charge in [0.25, 0.3) is 0 Å². The van der Waals surface area contributed by atoms with Crippen LogP contribution in [0.4, 0.5) is 10.3 Å². The lowest BCUT2D eigenvalue weighted by molar-refractivity contribution is -0.128. The van der Waals surface area contributed by atoms with Crippen LogP contribution in [0.1, 0.15) is 37.1 Å². The molecule has 1 aromatic carbocycles. The van der Waals surface area contributed by atoms with Crippen molar-refractivity contribution in [2.45, 2.75) is 37.5 Å². The van der Waals surface area contributed by atoms with Crippen LogP contribution in [-0.2, 0) is 11.3 Å². The van der Waals surface area contributed by atoms with Gasteiger partial charge in [0, 0.05) is 20.1 Å². The normalized spacial score (nSPS) is 14.7. The SMILES string of the molecule is CC(c1ccc(F)cc1)N(C)C(=O)CSc1nnc(N2CCCC2)n1Cc1ccco1. The molecule has 0 radical (unpaired) electrons. The Morgan fingerprint density at radius 3 is 2.65 bits per heavy atom. The maximum Gasteiger partial charge on any atom is 0.233 e. The average molecular weight is 444 g/mol. The second kappa shape index (κ2) is 9.55. The zero-order valence-corrected chi connectivity index (χ0v) is 18.5. The van der Waals surface area contributed by atoms with Crippen molar-refractivity contribution in [2.24, 2.45) is 0 Å². The van der Waals surface area contributed by atoms with E-state index in [0.717, 1.165) is 43.2 Å². The van der Waals surface area contributed by atoms with Crippen LogP contribution >= 0.6 is 11.8 Å². The smallest absolute Gasteiger partial charge is 0.233 e. The summed E-state index contributed by atoms with van der Waals surface area (Å²) in [5.74, 6) is 1.55. The second-order valence-corrected chi connectivity index (χ2v) is 8.61. The molecule has 0 saturated carbocycles. The lowest BCUT2D eigenvalue weighted by Gasteiger charge is -2.25. The largest absolute Gasteiger partial charge is 0.467 e. The zero-order chi connectivity index (χ0) is 21.8.